The molecule has 0 nitrogen and oxygen atoms in total. The maximum absolute atomic E-state index is 12.8. The van der Waals surface area contributed by atoms with Crippen LogP contribution in [0.3, 0.4) is 0 Å². The van der Waals surface area contributed by atoms with Crippen LogP contribution in [0.15, 0.2) is 18.2 Å². The monoisotopic (exact) mass is 262 g/mol. The normalized spacial score (nSPS) is 12.9. The van der Waals surface area contributed by atoms with Crippen molar-refractivity contribution >= 4 is 15.9 Å². The lowest BCUT2D eigenvalue weighted by Gasteiger charge is -2.07. The Hall–Kier alpha value is -0.440. The van der Waals surface area contributed by atoms with Crippen molar-refractivity contribution in [3.05, 3.63) is 35.4 Å². The summed E-state index contributed by atoms with van der Waals surface area (Å²) in [6.07, 6.45) is 1.66. The molecule has 0 aliphatic carbocycles. The number of rotatable bonds is 4. The lowest BCUT2D eigenvalue weighted by Crippen LogP contribution is -1.99. The minimum atomic E-state index is -0.494. The van der Waals surface area contributed by atoms with Crippen LogP contribution in [0.5, 0.6) is 0 Å². The van der Waals surface area contributed by atoms with E-state index in [4.69, 9.17) is 0 Å². The molecule has 1 aromatic rings. The zero-order chi connectivity index (χ0) is 10.6. The first-order chi connectivity index (χ1) is 6.61. The quantitative estimate of drug-likeness (QED) is 0.722. The van der Waals surface area contributed by atoms with Crippen molar-refractivity contribution < 1.29 is 8.78 Å². The van der Waals surface area contributed by atoms with Crippen LogP contribution >= 0.6 is 15.9 Å². The van der Waals surface area contributed by atoms with Crippen molar-refractivity contribution in [2.75, 3.05) is 5.33 Å². The predicted molar refractivity (Wildman–Crippen MR) is 57.6 cm³/mol. The maximum Gasteiger partial charge on any atom is 0.126 e. The van der Waals surface area contributed by atoms with Gasteiger partial charge in [-0.25, -0.2) is 8.78 Å². The van der Waals surface area contributed by atoms with E-state index in [1.807, 2.05) is 0 Å². The van der Waals surface area contributed by atoms with E-state index in [1.165, 1.54) is 12.1 Å². The molecular weight excluding hydrogens is 250 g/mol. The number of halogens is 3. The van der Waals surface area contributed by atoms with E-state index in [0.717, 1.165) is 29.8 Å². The lowest BCUT2D eigenvalue weighted by molar-refractivity contribution is 0.567. The number of hydrogen-bond acceptors (Lipinski definition) is 0. The fourth-order valence-corrected chi connectivity index (χ4v) is 1.57. The largest absolute Gasteiger partial charge is 0.207 e. The van der Waals surface area contributed by atoms with E-state index in [9.17, 15) is 8.78 Å². The Morgan fingerprint density at radius 3 is 2.29 bits per heavy atom. The fraction of sp³-hybridized carbons (Fsp3) is 0.455. The molecule has 0 N–H and O–H groups in total. The molecule has 0 saturated heterocycles. The van der Waals surface area contributed by atoms with Crippen molar-refractivity contribution in [2.45, 2.75) is 19.8 Å². The Balaban J connectivity index is 2.58. The van der Waals surface area contributed by atoms with Gasteiger partial charge in [0.1, 0.15) is 11.6 Å². The van der Waals surface area contributed by atoms with Gasteiger partial charge in [0.05, 0.1) is 0 Å². The molecule has 1 rings (SSSR count). The summed E-state index contributed by atoms with van der Waals surface area (Å²) in [6.45, 7) is 2.10. The van der Waals surface area contributed by atoms with Crippen molar-refractivity contribution in [2.24, 2.45) is 5.92 Å². The Kier molecular flexibility index (Phi) is 4.52. The molecule has 78 valence electrons. The van der Waals surface area contributed by atoms with Crippen molar-refractivity contribution in [3.63, 3.8) is 0 Å². The summed E-state index contributed by atoms with van der Waals surface area (Å²) in [5.41, 5.74) is 0.732. The summed E-state index contributed by atoms with van der Waals surface area (Å²) in [6, 6.07) is 3.69. The highest BCUT2D eigenvalue weighted by Crippen LogP contribution is 2.14. The van der Waals surface area contributed by atoms with Gasteiger partial charge in [-0.05, 0) is 36.5 Å². The van der Waals surface area contributed by atoms with Gasteiger partial charge in [-0.3, -0.25) is 0 Å². The third kappa shape index (κ3) is 3.74. The topological polar surface area (TPSA) is 0 Å². The minimum Gasteiger partial charge on any atom is -0.207 e. The number of hydrogen-bond donors (Lipinski definition) is 0. The number of benzene rings is 1. The van der Waals surface area contributed by atoms with Crippen LogP contribution < -0.4 is 0 Å². The number of alkyl halides is 1. The highest BCUT2D eigenvalue weighted by Gasteiger charge is 2.03. The van der Waals surface area contributed by atoms with Crippen molar-refractivity contribution in [1.82, 2.24) is 0 Å². The Labute approximate surface area is 91.5 Å². The molecule has 0 heterocycles. The molecule has 0 fully saturated rings. The SMILES string of the molecule is CC(CBr)CCc1cc(F)cc(F)c1. The Morgan fingerprint density at radius 2 is 1.79 bits per heavy atom. The lowest BCUT2D eigenvalue weighted by atomic mass is 10.0. The predicted octanol–water partition coefficient (Wildman–Crippen LogP) is 3.93. The summed E-state index contributed by atoms with van der Waals surface area (Å²) >= 11 is 3.37. The van der Waals surface area contributed by atoms with Gasteiger partial charge in [-0.1, -0.05) is 22.9 Å². The van der Waals surface area contributed by atoms with Gasteiger partial charge in [-0.15, -0.1) is 0 Å². The second kappa shape index (κ2) is 5.44. The maximum atomic E-state index is 12.8. The molecule has 0 bridgehead atoms. The van der Waals surface area contributed by atoms with Crippen molar-refractivity contribution in [1.29, 1.82) is 0 Å². The van der Waals surface area contributed by atoms with Gasteiger partial charge in [-0.2, -0.15) is 0 Å². The van der Waals surface area contributed by atoms with Crippen molar-refractivity contribution in [3.8, 4) is 0 Å². The van der Waals surface area contributed by atoms with Crippen LogP contribution in [0.2, 0.25) is 0 Å². The summed E-state index contributed by atoms with van der Waals surface area (Å²) in [5.74, 6) is -0.459. The van der Waals surface area contributed by atoms with Crippen LogP contribution in [0.4, 0.5) is 8.78 Å². The van der Waals surface area contributed by atoms with Gasteiger partial charge in [0.2, 0.25) is 0 Å². The first-order valence-corrected chi connectivity index (χ1v) is 5.75. The van der Waals surface area contributed by atoms with Gasteiger partial charge in [0.15, 0.2) is 0 Å². The standard InChI is InChI=1S/C11H13BrF2/c1-8(7-12)2-3-9-4-10(13)6-11(14)5-9/h4-6,8H,2-3,7H2,1H3. The molecule has 0 aliphatic heterocycles. The first kappa shape index (κ1) is 11.6. The summed E-state index contributed by atoms with van der Waals surface area (Å²) in [4.78, 5) is 0. The van der Waals surface area contributed by atoms with Crippen LogP contribution in [0.25, 0.3) is 0 Å². The highest BCUT2D eigenvalue weighted by atomic mass is 79.9. The molecule has 0 spiro atoms. The second-order valence-corrected chi connectivity index (χ2v) is 4.22. The third-order valence-corrected chi connectivity index (χ3v) is 3.22. The molecule has 0 aliphatic rings. The van der Waals surface area contributed by atoms with Gasteiger partial charge in [0, 0.05) is 11.4 Å². The van der Waals surface area contributed by atoms with Gasteiger partial charge in [0.25, 0.3) is 0 Å². The van der Waals surface area contributed by atoms with E-state index < -0.39 is 11.6 Å². The van der Waals surface area contributed by atoms with Gasteiger partial charge >= 0.3 is 0 Å². The molecule has 3 heteroatoms. The molecule has 0 amide bonds. The molecule has 1 unspecified atom stereocenters. The van der Waals surface area contributed by atoms with E-state index in [0.29, 0.717) is 5.92 Å². The van der Waals surface area contributed by atoms with Crippen LogP contribution in [0.1, 0.15) is 18.9 Å². The second-order valence-electron chi connectivity index (χ2n) is 3.58. The van der Waals surface area contributed by atoms with E-state index in [2.05, 4.69) is 22.9 Å². The summed E-state index contributed by atoms with van der Waals surface area (Å²) < 4.78 is 25.6. The van der Waals surface area contributed by atoms with E-state index >= 15 is 0 Å². The first-order valence-electron chi connectivity index (χ1n) is 4.62. The van der Waals surface area contributed by atoms with Crippen LogP contribution in [-0.2, 0) is 6.42 Å². The fourth-order valence-electron chi connectivity index (χ4n) is 1.25. The summed E-state index contributed by atoms with van der Waals surface area (Å²) in [5, 5.41) is 0.921. The highest BCUT2D eigenvalue weighted by molar-refractivity contribution is 9.09. The average molecular weight is 263 g/mol. The molecule has 1 atom stereocenters. The Bertz CT molecular complexity index is 279. The zero-order valence-electron chi connectivity index (χ0n) is 8.06. The summed E-state index contributed by atoms with van der Waals surface area (Å²) in [7, 11) is 0. The molecule has 14 heavy (non-hydrogen) atoms. The van der Waals surface area contributed by atoms with Crippen LogP contribution in [-0.4, -0.2) is 5.33 Å². The van der Waals surface area contributed by atoms with Gasteiger partial charge < -0.3 is 0 Å². The minimum absolute atomic E-state index is 0.494. The molecule has 0 radical (unpaired) electrons. The number of aryl methyl sites for hydroxylation is 1. The zero-order valence-corrected chi connectivity index (χ0v) is 9.65. The molecule has 0 saturated carbocycles. The van der Waals surface area contributed by atoms with Crippen LogP contribution in [0, 0.1) is 17.6 Å². The average Bonchev–Trinajstić information content (AvgIpc) is 2.12. The smallest absolute Gasteiger partial charge is 0.126 e. The Morgan fingerprint density at radius 1 is 1.21 bits per heavy atom. The molecule has 1 aromatic carbocycles. The van der Waals surface area contributed by atoms with E-state index in [1.54, 1.807) is 0 Å². The molecule has 0 aromatic heterocycles. The molecular formula is C11H13BrF2. The van der Waals surface area contributed by atoms with E-state index in [-0.39, 0.29) is 0 Å². The third-order valence-electron chi connectivity index (χ3n) is 2.11.